The number of hydrogen-bond donors (Lipinski definition) is 0. The zero-order chi connectivity index (χ0) is 20.9. The number of fused-ring (bicyclic) bond motifs is 1. The zero-order valence-electron chi connectivity index (χ0n) is 16.9. The highest BCUT2D eigenvalue weighted by atomic mass is 16.2. The molecule has 6 heteroatoms. The Morgan fingerprint density at radius 2 is 1.43 bits per heavy atom. The van der Waals surface area contributed by atoms with Crippen molar-refractivity contribution >= 4 is 23.8 Å². The van der Waals surface area contributed by atoms with E-state index in [1.165, 1.54) is 10.5 Å². The molecule has 3 amide bonds. The van der Waals surface area contributed by atoms with E-state index < -0.39 is 0 Å². The first-order valence-corrected chi connectivity index (χ1v) is 10.3. The Kier molecular flexibility index (Phi) is 6.05. The van der Waals surface area contributed by atoms with Crippen LogP contribution in [0.25, 0.3) is 6.08 Å². The molecule has 154 valence electrons. The third-order valence-corrected chi connectivity index (χ3v) is 5.63. The maximum absolute atomic E-state index is 12.6. The number of nitrogens with zero attached hydrogens (tertiary/aromatic N) is 3. The first-order valence-electron chi connectivity index (χ1n) is 10.3. The van der Waals surface area contributed by atoms with Crippen LogP contribution < -0.4 is 0 Å². The van der Waals surface area contributed by atoms with Crippen LogP contribution in [0.1, 0.15) is 32.7 Å². The molecular weight excluding hydrogens is 378 g/mol. The summed E-state index contributed by atoms with van der Waals surface area (Å²) in [5.74, 6) is -0.622. The summed E-state index contributed by atoms with van der Waals surface area (Å²) in [6, 6.07) is 17.0. The Morgan fingerprint density at radius 3 is 2.07 bits per heavy atom. The zero-order valence-corrected chi connectivity index (χ0v) is 16.9. The van der Waals surface area contributed by atoms with Crippen LogP contribution in [0.5, 0.6) is 0 Å². The van der Waals surface area contributed by atoms with E-state index in [2.05, 4.69) is 29.2 Å². The lowest BCUT2D eigenvalue weighted by Crippen LogP contribution is -2.49. The molecule has 0 aromatic heterocycles. The molecule has 1 saturated heterocycles. The van der Waals surface area contributed by atoms with Gasteiger partial charge in [0.25, 0.3) is 11.8 Å². The number of imide groups is 1. The van der Waals surface area contributed by atoms with E-state index in [-0.39, 0.29) is 30.7 Å². The highest BCUT2D eigenvalue weighted by Crippen LogP contribution is 2.22. The molecule has 2 heterocycles. The molecular formula is C24H25N3O3. The summed E-state index contributed by atoms with van der Waals surface area (Å²) >= 11 is 0. The van der Waals surface area contributed by atoms with Crippen molar-refractivity contribution < 1.29 is 14.4 Å². The molecule has 0 saturated carbocycles. The topological polar surface area (TPSA) is 60.9 Å². The SMILES string of the molecule is O=C(CCN1C(=O)c2ccccc2C1=O)N1CCN(CC=Cc2ccccc2)CC1. The fourth-order valence-corrected chi connectivity index (χ4v) is 3.89. The van der Waals surface area contributed by atoms with Crippen molar-refractivity contribution in [2.75, 3.05) is 39.3 Å². The molecule has 0 radical (unpaired) electrons. The Bertz CT molecular complexity index is 928. The first kappa shape index (κ1) is 20.0. The second-order valence-corrected chi connectivity index (χ2v) is 7.55. The third-order valence-electron chi connectivity index (χ3n) is 5.63. The van der Waals surface area contributed by atoms with Gasteiger partial charge in [0.05, 0.1) is 11.1 Å². The van der Waals surface area contributed by atoms with E-state index in [0.717, 1.165) is 19.6 Å². The number of hydrogen-bond acceptors (Lipinski definition) is 4. The van der Waals surface area contributed by atoms with Gasteiger partial charge in [-0.15, -0.1) is 0 Å². The molecule has 0 spiro atoms. The molecule has 0 unspecified atom stereocenters. The van der Waals surface area contributed by atoms with Gasteiger partial charge in [0.1, 0.15) is 0 Å². The molecule has 2 aromatic rings. The average Bonchev–Trinajstić information content (AvgIpc) is 3.03. The summed E-state index contributed by atoms with van der Waals surface area (Å²) < 4.78 is 0. The molecule has 0 N–H and O–H groups in total. The van der Waals surface area contributed by atoms with E-state index in [1.54, 1.807) is 24.3 Å². The van der Waals surface area contributed by atoms with Crippen LogP contribution >= 0.6 is 0 Å². The van der Waals surface area contributed by atoms with Crippen LogP contribution in [0.15, 0.2) is 60.7 Å². The monoisotopic (exact) mass is 403 g/mol. The molecule has 30 heavy (non-hydrogen) atoms. The minimum Gasteiger partial charge on any atom is -0.340 e. The van der Waals surface area contributed by atoms with Gasteiger partial charge in [0, 0.05) is 45.7 Å². The van der Waals surface area contributed by atoms with E-state index in [9.17, 15) is 14.4 Å². The van der Waals surface area contributed by atoms with Gasteiger partial charge in [-0.05, 0) is 17.7 Å². The van der Waals surface area contributed by atoms with Crippen LogP contribution in [0.2, 0.25) is 0 Å². The summed E-state index contributed by atoms with van der Waals surface area (Å²) in [7, 11) is 0. The molecule has 1 fully saturated rings. The Morgan fingerprint density at radius 1 is 0.833 bits per heavy atom. The van der Waals surface area contributed by atoms with Crippen molar-refractivity contribution in [3.8, 4) is 0 Å². The maximum Gasteiger partial charge on any atom is 0.261 e. The summed E-state index contributed by atoms with van der Waals surface area (Å²) in [5, 5.41) is 0. The predicted octanol–water partition coefficient (Wildman–Crippen LogP) is 2.53. The van der Waals surface area contributed by atoms with Crippen molar-refractivity contribution in [1.82, 2.24) is 14.7 Å². The van der Waals surface area contributed by atoms with Crippen LogP contribution in [0.4, 0.5) is 0 Å². The molecule has 6 nitrogen and oxygen atoms in total. The summed E-state index contributed by atoms with van der Waals surface area (Å²) in [4.78, 5) is 42.7. The Balaban J connectivity index is 1.22. The fraction of sp³-hybridized carbons (Fsp3) is 0.292. The van der Waals surface area contributed by atoms with E-state index in [4.69, 9.17) is 0 Å². The fourth-order valence-electron chi connectivity index (χ4n) is 3.89. The largest absolute Gasteiger partial charge is 0.340 e. The molecule has 2 aliphatic rings. The van der Waals surface area contributed by atoms with Gasteiger partial charge in [0.2, 0.25) is 5.91 Å². The standard InChI is InChI=1S/C24H25N3O3/c28-22(12-14-27-23(29)20-10-4-5-11-21(20)24(27)30)26-17-15-25(16-18-26)13-6-9-19-7-2-1-3-8-19/h1-11H,12-18H2. The van der Waals surface area contributed by atoms with Crippen molar-refractivity contribution in [3.63, 3.8) is 0 Å². The molecule has 0 bridgehead atoms. The molecule has 2 aliphatic heterocycles. The van der Waals surface area contributed by atoms with E-state index >= 15 is 0 Å². The van der Waals surface area contributed by atoms with Crippen molar-refractivity contribution in [3.05, 3.63) is 77.4 Å². The van der Waals surface area contributed by atoms with Gasteiger partial charge >= 0.3 is 0 Å². The Labute approximate surface area is 176 Å². The van der Waals surface area contributed by atoms with Crippen molar-refractivity contribution in [2.45, 2.75) is 6.42 Å². The normalized spacial score (nSPS) is 17.1. The van der Waals surface area contributed by atoms with Crippen molar-refractivity contribution in [2.24, 2.45) is 0 Å². The molecule has 4 rings (SSSR count). The lowest BCUT2D eigenvalue weighted by Gasteiger charge is -2.34. The number of rotatable bonds is 6. The molecule has 0 aliphatic carbocycles. The second-order valence-electron chi connectivity index (χ2n) is 7.55. The third kappa shape index (κ3) is 4.33. The molecule has 0 atom stereocenters. The van der Waals surface area contributed by atoms with Gasteiger partial charge in [-0.2, -0.15) is 0 Å². The smallest absolute Gasteiger partial charge is 0.261 e. The first-order chi connectivity index (χ1) is 14.6. The predicted molar refractivity (Wildman–Crippen MR) is 115 cm³/mol. The maximum atomic E-state index is 12.6. The number of benzene rings is 2. The van der Waals surface area contributed by atoms with Crippen molar-refractivity contribution in [1.29, 1.82) is 0 Å². The van der Waals surface area contributed by atoms with Crippen LogP contribution in [-0.4, -0.2) is 71.7 Å². The summed E-state index contributed by atoms with van der Waals surface area (Å²) in [6.07, 6.45) is 4.42. The Hall–Kier alpha value is -3.25. The van der Waals surface area contributed by atoms with E-state index in [1.807, 2.05) is 23.1 Å². The summed E-state index contributed by atoms with van der Waals surface area (Å²) in [5.41, 5.74) is 2.03. The average molecular weight is 403 g/mol. The highest BCUT2D eigenvalue weighted by molar-refractivity contribution is 6.21. The number of carbonyl (C=O) groups is 3. The quantitative estimate of drug-likeness (QED) is 0.696. The van der Waals surface area contributed by atoms with Gasteiger partial charge < -0.3 is 4.90 Å². The second kappa shape index (κ2) is 9.05. The highest BCUT2D eigenvalue weighted by Gasteiger charge is 2.35. The molecule has 2 aromatic carbocycles. The van der Waals surface area contributed by atoms with Gasteiger partial charge in [0.15, 0.2) is 0 Å². The van der Waals surface area contributed by atoms with Gasteiger partial charge in [-0.3, -0.25) is 24.2 Å². The lowest BCUT2D eigenvalue weighted by atomic mass is 10.1. The van der Waals surface area contributed by atoms with E-state index in [0.29, 0.717) is 24.2 Å². The summed E-state index contributed by atoms with van der Waals surface area (Å²) in [6.45, 7) is 3.95. The lowest BCUT2D eigenvalue weighted by molar-refractivity contribution is -0.132. The number of amides is 3. The number of carbonyl (C=O) groups excluding carboxylic acids is 3. The minimum absolute atomic E-state index is 0.00830. The van der Waals surface area contributed by atoms with Crippen LogP contribution in [0.3, 0.4) is 0 Å². The van der Waals surface area contributed by atoms with Gasteiger partial charge in [-0.1, -0.05) is 54.6 Å². The van der Waals surface area contributed by atoms with Crippen LogP contribution in [-0.2, 0) is 4.79 Å². The minimum atomic E-state index is -0.307. The van der Waals surface area contributed by atoms with Gasteiger partial charge in [-0.25, -0.2) is 0 Å². The van der Waals surface area contributed by atoms with Crippen LogP contribution in [0, 0.1) is 0 Å². The number of piperazine rings is 1.